The average molecular weight is 234 g/mol. The molecule has 3 N–H and O–H groups in total. The molecular weight excluding hydrogens is 220 g/mol. The predicted molar refractivity (Wildman–Crippen MR) is 63.3 cm³/mol. The van der Waals surface area contributed by atoms with Crippen LogP contribution >= 0.6 is 0 Å². The number of rotatable bonds is 6. The van der Waals surface area contributed by atoms with Gasteiger partial charge in [-0.25, -0.2) is 5.43 Å². The van der Waals surface area contributed by atoms with Gasteiger partial charge in [-0.05, 0) is 18.6 Å². The highest BCUT2D eigenvalue weighted by Gasteiger charge is 2.16. The molecule has 1 rings (SSSR count). The van der Waals surface area contributed by atoms with E-state index in [9.17, 15) is 9.59 Å². The molecule has 1 unspecified atom stereocenters. The highest BCUT2D eigenvalue weighted by molar-refractivity contribution is 5.94. The van der Waals surface area contributed by atoms with Crippen molar-refractivity contribution in [2.24, 2.45) is 0 Å². The Bertz CT molecular complexity index is 403. The van der Waals surface area contributed by atoms with Gasteiger partial charge in [-0.1, -0.05) is 24.3 Å². The number of hydrogen-bond donors (Lipinski definition) is 3. The highest BCUT2D eigenvalue weighted by Crippen LogP contribution is 1.97. The van der Waals surface area contributed by atoms with Crippen molar-refractivity contribution >= 4 is 11.9 Å². The Balaban J connectivity index is 2.52. The highest BCUT2D eigenvalue weighted by atomic mass is 16.4. The fraction of sp³-hybridized carbons (Fsp3) is 0.167. The van der Waals surface area contributed by atoms with Gasteiger partial charge in [-0.15, -0.1) is 6.58 Å². The van der Waals surface area contributed by atoms with E-state index in [1.807, 2.05) is 0 Å². The third kappa shape index (κ3) is 4.08. The fourth-order valence-corrected chi connectivity index (χ4v) is 1.20. The molecule has 0 aliphatic carbocycles. The average Bonchev–Trinajstić information content (AvgIpc) is 2.34. The van der Waals surface area contributed by atoms with Gasteiger partial charge in [0.15, 0.2) is 0 Å². The molecule has 17 heavy (non-hydrogen) atoms. The van der Waals surface area contributed by atoms with Crippen LogP contribution in [0.4, 0.5) is 0 Å². The van der Waals surface area contributed by atoms with E-state index < -0.39 is 12.0 Å². The Hall–Kier alpha value is -2.14. The second-order valence-electron chi connectivity index (χ2n) is 3.38. The standard InChI is InChI=1S/C12H14N2O3/c1-2-6-10(12(16)17)13-14-11(15)9-7-4-3-5-8-9/h2-5,7-8,10,13H,1,6H2,(H,14,15)(H,16,17). The second kappa shape index (κ2) is 6.44. The zero-order valence-electron chi connectivity index (χ0n) is 9.22. The summed E-state index contributed by atoms with van der Waals surface area (Å²) in [7, 11) is 0. The molecule has 5 nitrogen and oxygen atoms in total. The molecule has 1 amide bonds. The van der Waals surface area contributed by atoms with Gasteiger partial charge in [-0.2, -0.15) is 0 Å². The molecule has 0 spiro atoms. The van der Waals surface area contributed by atoms with Gasteiger partial charge < -0.3 is 5.11 Å². The van der Waals surface area contributed by atoms with Crippen molar-refractivity contribution < 1.29 is 14.7 Å². The second-order valence-corrected chi connectivity index (χ2v) is 3.38. The Kier molecular flexibility index (Phi) is 4.90. The minimum atomic E-state index is -1.04. The fourth-order valence-electron chi connectivity index (χ4n) is 1.20. The first kappa shape index (κ1) is 12.9. The van der Waals surface area contributed by atoms with Gasteiger partial charge in [-0.3, -0.25) is 15.0 Å². The van der Waals surface area contributed by atoms with Crippen molar-refractivity contribution in [3.8, 4) is 0 Å². The van der Waals surface area contributed by atoms with Crippen LogP contribution in [0.25, 0.3) is 0 Å². The molecule has 5 heteroatoms. The number of carboxylic acid groups (broad SMARTS) is 1. The minimum Gasteiger partial charge on any atom is -0.480 e. The lowest BCUT2D eigenvalue weighted by molar-refractivity contribution is -0.139. The van der Waals surface area contributed by atoms with Crippen molar-refractivity contribution in [3.63, 3.8) is 0 Å². The number of hydrogen-bond acceptors (Lipinski definition) is 3. The maximum Gasteiger partial charge on any atom is 0.322 e. The van der Waals surface area contributed by atoms with Crippen LogP contribution in [0.2, 0.25) is 0 Å². The first-order valence-corrected chi connectivity index (χ1v) is 5.09. The molecule has 0 aliphatic heterocycles. The van der Waals surface area contributed by atoms with Gasteiger partial charge in [0.2, 0.25) is 0 Å². The Morgan fingerprint density at radius 2 is 2.00 bits per heavy atom. The molecule has 0 aromatic heterocycles. The van der Waals surface area contributed by atoms with Crippen molar-refractivity contribution in [2.75, 3.05) is 0 Å². The monoisotopic (exact) mass is 234 g/mol. The number of carbonyl (C=O) groups excluding carboxylic acids is 1. The third-order valence-electron chi connectivity index (χ3n) is 2.10. The number of carbonyl (C=O) groups is 2. The van der Waals surface area contributed by atoms with E-state index in [2.05, 4.69) is 17.4 Å². The van der Waals surface area contributed by atoms with Crippen molar-refractivity contribution in [3.05, 3.63) is 48.6 Å². The summed E-state index contributed by atoms with van der Waals surface area (Å²) >= 11 is 0. The van der Waals surface area contributed by atoms with Crippen LogP contribution in [0.15, 0.2) is 43.0 Å². The Morgan fingerprint density at radius 3 is 2.53 bits per heavy atom. The lowest BCUT2D eigenvalue weighted by atomic mass is 10.2. The summed E-state index contributed by atoms with van der Waals surface area (Å²) in [5.41, 5.74) is 5.26. The number of nitrogens with one attached hydrogen (secondary N) is 2. The number of carboxylic acids is 1. The molecular formula is C12H14N2O3. The van der Waals surface area contributed by atoms with Crippen molar-refractivity contribution in [2.45, 2.75) is 12.5 Å². The number of benzene rings is 1. The maximum absolute atomic E-state index is 11.6. The zero-order valence-corrected chi connectivity index (χ0v) is 9.22. The molecule has 0 fully saturated rings. The normalized spacial score (nSPS) is 11.5. The van der Waals surface area contributed by atoms with E-state index in [1.54, 1.807) is 30.3 Å². The van der Waals surface area contributed by atoms with E-state index in [1.165, 1.54) is 6.08 Å². The van der Waals surface area contributed by atoms with Crippen LogP contribution in [-0.2, 0) is 4.79 Å². The van der Waals surface area contributed by atoms with Crippen LogP contribution in [0.3, 0.4) is 0 Å². The van der Waals surface area contributed by atoms with Crippen molar-refractivity contribution in [1.82, 2.24) is 10.9 Å². The molecule has 0 saturated heterocycles. The Labute approximate surface area is 99.1 Å². The Morgan fingerprint density at radius 1 is 1.35 bits per heavy atom. The number of amides is 1. The van der Waals surface area contributed by atoms with Gasteiger partial charge in [0.1, 0.15) is 6.04 Å². The molecule has 0 bridgehead atoms. The summed E-state index contributed by atoms with van der Waals surface area (Å²) in [5, 5.41) is 8.83. The van der Waals surface area contributed by atoms with E-state index in [4.69, 9.17) is 5.11 Å². The molecule has 0 aliphatic rings. The maximum atomic E-state index is 11.6. The zero-order chi connectivity index (χ0) is 12.7. The largest absolute Gasteiger partial charge is 0.480 e. The quantitative estimate of drug-likeness (QED) is 0.506. The van der Waals surface area contributed by atoms with Crippen LogP contribution < -0.4 is 10.9 Å². The molecule has 90 valence electrons. The van der Waals surface area contributed by atoms with Gasteiger partial charge in [0, 0.05) is 5.56 Å². The molecule has 0 radical (unpaired) electrons. The topological polar surface area (TPSA) is 78.4 Å². The molecule has 1 aromatic carbocycles. The summed E-state index contributed by atoms with van der Waals surface area (Å²) < 4.78 is 0. The van der Waals surface area contributed by atoms with Gasteiger partial charge in [0.25, 0.3) is 5.91 Å². The van der Waals surface area contributed by atoms with Crippen LogP contribution in [0.5, 0.6) is 0 Å². The summed E-state index contributed by atoms with van der Waals surface area (Å²) in [6.07, 6.45) is 1.70. The lowest BCUT2D eigenvalue weighted by Crippen LogP contribution is -2.47. The lowest BCUT2D eigenvalue weighted by Gasteiger charge is -2.13. The molecule has 0 heterocycles. The van der Waals surface area contributed by atoms with Crippen LogP contribution in [0, 0.1) is 0 Å². The summed E-state index contributed by atoms with van der Waals surface area (Å²) in [6, 6.07) is 7.66. The van der Waals surface area contributed by atoms with Crippen LogP contribution in [-0.4, -0.2) is 23.0 Å². The molecule has 0 saturated carbocycles. The SMILES string of the molecule is C=CCC(NNC(=O)c1ccccc1)C(=O)O. The predicted octanol–water partition coefficient (Wildman–Crippen LogP) is 0.950. The smallest absolute Gasteiger partial charge is 0.322 e. The number of aliphatic carboxylic acids is 1. The minimum absolute atomic E-state index is 0.227. The van der Waals surface area contributed by atoms with Crippen LogP contribution in [0.1, 0.15) is 16.8 Å². The number of hydrazine groups is 1. The van der Waals surface area contributed by atoms with E-state index >= 15 is 0 Å². The summed E-state index contributed by atoms with van der Waals surface area (Å²) in [4.78, 5) is 22.4. The van der Waals surface area contributed by atoms with E-state index in [0.29, 0.717) is 5.56 Å². The molecule has 1 atom stereocenters. The van der Waals surface area contributed by atoms with E-state index in [-0.39, 0.29) is 12.3 Å². The van der Waals surface area contributed by atoms with E-state index in [0.717, 1.165) is 0 Å². The first-order valence-electron chi connectivity index (χ1n) is 5.09. The first-order chi connectivity index (χ1) is 8.15. The summed E-state index contributed by atoms with van der Waals surface area (Å²) in [5.74, 6) is -1.42. The summed E-state index contributed by atoms with van der Waals surface area (Å²) in [6.45, 7) is 3.45. The third-order valence-corrected chi connectivity index (χ3v) is 2.10. The van der Waals surface area contributed by atoms with Crippen molar-refractivity contribution in [1.29, 1.82) is 0 Å². The van der Waals surface area contributed by atoms with Gasteiger partial charge >= 0.3 is 5.97 Å². The van der Waals surface area contributed by atoms with Gasteiger partial charge in [0.05, 0.1) is 0 Å². The molecule has 1 aromatic rings.